The quantitative estimate of drug-likeness (QED) is 0.490. The fourth-order valence-electron chi connectivity index (χ4n) is 2.35. The Hall–Kier alpha value is -2.07. The predicted octanol–water partition coefficient (Wildman–Crippen LogP) is 4.96. The van der Waals surface area contributed by atoms with Crippen molar-refractivity contribution in [1.29, 1.82) is 0 Å². The fraction of sp³-hybridized carbons (Fsp3) is 0.167. The van der Waals surface area contributed by atoms with Crippen molar-refractivity contribution in [1.82, 2.24) is 0 Å². The first kappa shape index (κ1) is 14.9. The molecule has 2 aromatic carbocycles. The van der Waals surface area contributed by atoms with E-state index in [4.69, 9.17) is 9.15 Å². The Kier molecular flexibility index (Phi) is 4.03. The van der Waals surface area contributed by atoms with Crippen LogP contribution >= 0.6 is 15.9 Å². The first-order valence-corrected chi connectivity index (χ1v) is 7.76. The SMILES string of the molecule is Cc1ccc2c(CC(=O)Oc3ccc(Br)cc3)coc2c1C. The van der Waals surface area contributed by atoms with Gasteiger partial charge in [-0.3, -0.25) is 4.79 Å². The third-order valence-corrected chi connectivity index (χ3v) is 4.25. The van der Waals surface area contributed by atoms with Gasteiger partial charge in [0, 0.05) is 15.4 Å². The highest BCUT2D eigenvalue weighted by molar-refractivity contribution is 9.10. The van der Waals surface area contributed by atoms with Crippen LogP contribution in [0.15, 0.2) is 51.6 Å². The molecule has 0 aliphatic rings. The zero-order valence-electron chi connectivity index (χ0n) is 12.4. The largest absolute Gasteiger partial charge is 0.464 e. The highest BCUT2D eigenvalue weighted by Crippen LogP contribution is 2.27. The minimum Gasteiger partial charge on any atom is -0.464 e. The number of ether oxygens (including phenoxy) is 1. The molecule has 1 heterocycles. The summed E-state index contributed by atoms with van der Waals surface area (Å²) in [6.07, 6.45) is 1.82. The Morgan fingerprint density at radius 1 is 1.14 bits per heavy atom. The molecule has 4 heteroatoms. The number of aryl methyl sites for hydroxylation is 2. The summed E-state index contributed by atoms with van der Waals surface area (Å²) in [6.45, 7) is 4.06. The van der Waals surface area contributed by atoms with E-state index in [0.717, 1.165) is 26.6 Å². The molecule has 112 valence electrons. The van der Waals surface area contributed by atoms with Crippen LogP contribution in [-0.4, -0.2) is 5.97 Å². The van der Waals surface area contributed by atoms with Gasteiger partial charge < -0.3 is 9.15 Å². The number of rotatable bonds is 3. The van der Waals surface area contributed by atoms with Gasteiger partial charge in [0.15, 0.2) is 0 Å². The lowest BCUT2D eigenvalue weighted by molar-refractivity contribution is -0.133. The second-order valence-electron chi connectivity index (χ2n) is 5.25. The van der Waals surface area contributed by atoms with Crippen LogP contribution in [0.3, 0.4) is 0 Å². The number of halogens is 1. The summed E-state index contributed by atoms with van der Waals surface area (Å²) in [6, 6.07) is 11.2. The van der Waals surface area contributed by atoms with Crippen LogP contribution in [0.4, 0.5) is 0 Å². The molecule has 0 aliphatic carbocycles. The predicted molar refractivity (Wildman–Crippen MR) is 89.2 cm³/mol. The van der Waals surface area contributed by atoms with Gasteiger partial charge in [-0.2, -0.15) is 0 Å². The number of benzene rings is 2. The van der Waals surface area contributed by atoms with Gasteiger partial charge in [0.05, 0.1) is 12.7 Å². The van der Waals surface area contributed by atoms with Crippen molar-refractivity contribution in [2.45, 2.75) is 20.3 Å². The average Bonchev–Trinajstić information content (AvgIpc) is 2.89. The van der Waals surface area contributed by atoms with Gasteiger partial charge in [-0.1, -0.05) is 28.1 Å². The third kappa shape index (κ3) is 2.92. The van der Waals surface area contributed by atoms with E-state index >= 15 is 0 Å². The van der Waals surface area contributed by atoms with E-state index in [9.17, 15) is 4.79 Å². The summed E-state index contributed by atoms with van der Waals surface area (Å²) in [7, 11) is 0. The Bertz CT molecular complexity index is 831. The van der Waals surface area contributed by atoms with Crippen molar-refractivity contribution in [3.8, 4) is 5.75 Å². The van der Waals surface area contributed by atoms with Crippen LogP contribution in [0.5, 0.6) is 5.75 Å². The summed E-state index contributed by atoms with van der Waals surface area (Å²) < 4.78 is 11.9. The maximum absolute atomic E-state index is 12.1. The molecular formula is C18H15BrO3. The van der Waals surface area contributed by atoms with Crippen LogP contribution in [-0.2, 0) is 11.2 Å². The van der Waals surface area contributed by atoms with Crippen molar-refractivity contribution in [2.24, 2.45) is 0 Å². The summed E-state index contributed by atoms with van der Waals surface area (Å²) in [5, 5.41) is 0.968. The highest BCUT2D eigenvalue weighted by Gasteiger charge is 2.14. The standard InChI is InChI=1S/C18H15BrO3/c1-11-3-8-16-13(10-21-18(16)12(11)2)9-17(20)22-15-6-4-14(19)5-7-15/h3-8,10H,9H2,1-2H3. The van der Waals surface area contributed by atoms with Crippen LogP contribution in [0.2, 0.25) is 0 Å². The zero-order chi connectivity index (χ0) is 15.7. The average molecular weight is 359 g/mol. The van der Waals surface area contributed by atoms with Gasteiger partial charge in [-0.05, 0) is 49.2 Å². The second-order valence-corrected chi connectivity index (χ2v) is 6.17. The summed E-state index contributed by atoms with van der Waals surface area (Å²) in [5.74, 6) is 0.233. The zero-order valence-corrected chi connectivity index (χ0v) is 13.9. The highest BCUT2D eigenvalue weighted by atomic mass is 79.9. The van der Waals surface area contributed by atoms with E-state index in [0.29, 0.717) is 5.75 Å². The molecule has 3 aromatic rings. The summed E-state index contributed by atoms with van der Waals surface area (Å²) in [4.78, 5) is 12.1. The number of esters is 1. The van der Waals surface area contributed by atoms with E-state index < -0.39 is 0 Å². The molecule has 0 spiro atoms. The van der Waals surface area contributed by atoms with Gasteiger partial charge >= 0.3 is 5.97 Å². The smallest absolute Gasteiger partial charge is 0.315 e. The Morgan fingerprint density at radius 3 is 2.59 bits per heavy atom. The lowest BCUT2D eigenvalue weighted by Crippen LogP contribution is -2.10. The number of furan rings is 1. The normalized spacial score (nSPS) is 10.9. The Labute approximate surface area is 137 Å². The molecule has 0 aliphatic heterocycles. The Morgan fingerprint density at radius 2 is 1.86 bits per heavy atom. The number of hydrogen-bond donors (Lipinski definition) is 0. The molecule has 22 heavy (non-hydrogen) atoms. The molecular weight excluding hydrogens is 344 g/mol. The topological polar surface area (TPSA) is 39.4 Å². The molecule has 0 amide bonds. The minimum absolute atomic E-state index is 0.186. The molecule has 1 aromatic heterocycles. The van der Waals surface area contributed by atoms with E-state index in [1.165, 1.54) is 5.56 Å². The van der Waals surface area contributed by atoms with Crippen molar-refractivity contribution in [2.75, 3.05) is 0 Å². The maximum Gasteiger partial charge on any atom is 0.315 e. The van der Waals surface area contributed by atoms with Crippen LogP contribution in [0, 0.1) is 13.8 Å². The Balaban J connectivity index is 1.79. The lowest BCUT2D eigenvalue weighted by Gasteiger charge is -2.04. The molecule has 0 N–H and O–H groups in total. The summed E-state index contributed by atoms with van der Waals surface area (Å²) in [5.41, 5.74) is 3.96. The first-order chi connectivity index (χ1) is 10.5. The van der Waals surface area contributed by atoms with E-state index in [2.05, 4.69) is 15.9 Å². The molecule has 0 unspecified atom stereocenters. The lowest BCUT2D eigenvalue weighted by atomic mass is 10.0. The van der Waals surface area contributed by atoms with E-state index in [-0.39, 0.29) is 12.4 Å². The van der Waals surface area contributed by atoms with Gasteiger partial charge in [0.1, 0.15) is 11.3 Å². The van der Waals surface area contributed by atoms with Gasteiger partial charge in [-0.25, -0.2) is 0 Å². The molecule has 0 bridgehead atoms. The molecule has 0 saturated carbocycles. The molecule has 0 fully saturated rings. The first-order valence-electron chi connectivity index (χ1n) is 6.97. The number of carbonyl (C=O) groups is 1. The molecule has 0 saturated heterocycles. The van der Waals surface area contributed by atoms with Crippen molar-refractivity contribution >= 4 is 32.9 Å². The third-order valence-electron chi connectivity index (χ3n) is 3.72. The van der Waals surface area contributed by atoms with Crippen LogP contribution in [0.25, 0.3) is 11.0 Å². The van der Waals surface area contributed by atoms with Gasteiger partial charge in [-0.15, -0.1) is 0 Å². The van der Waals surface area contributed by atoms with Crippen molar-refractivity contribution in [3.63, 3.8) is 0 Å². The monoisotopic (exact) mass is 358 g/mol. The number of hydrogen-bond acceptors (Lipinski definition) is 3. The molecule has 0 radical (unpaired) electrons. The van der Waals surface area contributed by atoms with E-state index in [1.54, 1.807) is 18.4 Å². The van der Waals surface area contributed by atoms with Crippen LogP contribution in [0.1, 0.15) is 16.7 Å². The molecule has 3 nitrogen and oxygen atoms in total. The van der Waals surface area contributed by atoms with Gasteiger partial charge in [0.25, 0.3) is 0 Å². The van der Waals surface area contributed by atoms with E-state index in [1.807, 2.05) is 38.1 Å². The number of carbonyl (C=O) groups excluding carboxylic acids is 1. The summed E-state index contributed by atoms with van der Waals surface area (Å²) >= 11 is 3.35. The molecule has 3 rings (SSSR count). The minimum atomic E-state index is -0.303. The van der Waals surface area contributed by atoms with Crippen molar-refractivity contribution < 1.29 is 13.9 Å². The van der Waals surface area contributed by atoms with Crippen molar-refractivity contribution in [3.05, 3.63) is 63.8 Å². The second kappa shape index (κ2) is 5.97. The van der Waals surface area contributed by atoms with Gasteiger partial charge in [0.2, 0.25) is 0 Å². The van der Waals surface area contributed by atoms with Crippen LogP contribution < -0.4 is 4.74 Å². The molecule has 0 atom stereocenters. The number of fused-ring (bicyclic) bond motifs is 1. The fourth-order valence-corrected chi connectivity index (χ4v) is 2.62. The maximum atomic E-state index is 12.1.